The average molecular weight is 511 g/mol. The SMILES string of the molecule is COc1ccc(C2/C(=C(/O)c3ccc(OC(C)C)cc3)C(=O)C(=O)N2CCN2CCOCC2)cc1OC. The van der Waals surface area contributed by atoms with E-state index >= 15 is 0 Å². The minimum Gasteiger partial charge on any atom is -0.507 e. The second-order valence-electron chi connectivity index (χ2n) is 9.25. The zero-order valence-corrected chi connectivity index (χ0v) is 21.7. The molecule has 0 saturated carbocycles. The Hall–Kier alpha value is -3.56. The summed E-state index contributed by atoms with van der Waals surface area (Å²) in [5.41, 5.74) is 1.10. The van der Waals surface area contributed by atoms with Crippen molar-refractivity contribution in [2.45, 2.75) is 26.0 Å². The van der Waals surface area contributed by atoms with Gasteiger partial charge in [-0.05, 0) is 55.8 Å². The zero-order valence-electron chi connectivity index (χ0n) is 21.7. The van der Waals surface area contributed by atoms with Gasteiger partial charge in [0.2, 0.25) is 0 Å². The molecule has 9 heteroatoms. The summed E-state index contributed by atoms with van der Waals surface area (Å²) in [4.78, 5) is 30.3. The largest absolute Gasteiger partial charge is 0.507 e. The average Bonchev–Trinajstić information content (AvgIpc) is 3.16. The molecule has 1 N–H and O–H groups in total. The number of benzene rings is 2. The molecule has 2 heterocycles. The highest BCUT2D eigenvalue weighted by Crippen LogP contribution is 2.42. The molecular weight excluding hydrogens is 476 g/mol. The fraction of sp³-hybridized carbons (Fsp3) is 0.429. The Kier molecular flexibility index (Phi) is 8.35. The normalized spacial score (nSPS) is 19.9. The highest BCUT2D eigenvalue weighted by molar-refractivity contribution is 6.46. The molecule has 198 valence electrons. The van der Waals surface area contributed by atoms with Gasteiger partial charge in [-0.15, -0.1) is 0 Å². The second-order valence-corrected chi connectivity index (χ2v) is 9.25. The summed E-state index contributed by atoms with van der Waals surface area (Å²) >= 11 is 0. The Balaban J connectivity index is 1.74. The number of aliphatic hydroxyl groups excluding tert-OH is 1. The number of rotatable bonds is 9. The standard InChI is InChI=1S/C28H34N2O7/c1-18(2)37-21-8-5-19(6-9-21)26(31)24-25(20-7-10-22(34-3)23(17-20)35-4)30(28(33)27(24)32)12-11-29-13-15-36-16-14-29/h5-10,17-18,25,31H,11-16H2,1-4H3/b26-24-. The van der Waals surface area contributed by atoms with Crippen LogP contribution in [0.5, 0.6) is 17.2 Å². The van der Waals surface area contributed by atoms with E-state index in [4.69, 9.17) is 18.9 Å². The Bertz CT molecular complexity index is 1150. The molecule has 37 heavy (non-hydrogen) atoms. The monoisotopic (exact) mass is 510 g/mol. The Morgan fingerprint density at radius 2 is 1.68 bits per heavy atom. The van der Waals surface area contributed by atoms with Crippen molar-refractivity contribution < 1.29 is 33.6 Å². The van der Waals surface area contributed by atoms with Gasteiger partial charge in [0.05, 0.1) is 45.2 Å². The van der Waals surface area contributed by atoms with Gasteiger partial charge in [0.1, 0.15) is 11.5 Å². The van der Waals surface area contributed by atoms with Crippen LogP contribution in [-0.4, -0.2) is 86.3 Å². The van der Waals surface area contributed by atoms with E-state index in [1.54, 1.807) is 49.6 Å². The van der Waals surface area contributed by atoms with Crippen LogP contribution in [0.4, 0.5) is 0 Å². The molecule has 1 atom stereocenters. The van der Waals surface area contributed by atoms with Crippen LogP contribution in [0.3, 0.4) is 0 Å². The van der Waals surface area contributed by atoms with Crippen molar-refractivity contribution in [3.63, 3.8) is 0 Å². The van der Waals surface area contributed by atoms with Crippen LogP contribution in [-0.2, 0) is 14.3 Å². The van der Waals surface area contributed by atoms with Crippen molar-refractivity contribution >= 4 is 17.4 Å². The molecule has 2 aromatic carbocycles. The van der Waals surface area contributed by atoms with Crippen LogP contribution >= 0.6 is 0 Å². The van der Waals surface area contributed by atoms with Gasteiger partial charge in [-0.1, -0.05) is 6.07 Å². The Labute approximate surface area is 217 Å². The van der Waals surface area contributed by atoms with E-state index in [9.17, 15) is 14.7 Å². The molecule has 9 nitrogen and oxygen atoms in total. The number of ketones is 1. The first-order valence-corrected chi connectivity index (χ1v) is 12.4. The number of ether oxygens (including phenoxy) is 4. The van der Waals surface area contributed by atoms with Gasteiger partial charge >= 0.3 is 0 Å². The smallest absolute Gasteiger partial charge is 0.295 e. The second kappa shape index (κ2) is 11.7. The summed E-state index contributed by atoms with van der Waals surface area (Å²) in [6.07, 6.45) is 0.00119. The van der Waals surface area contributed by atoms with Gasteiger partial charge in [0, 0.05) is 31.7 Å². The number of carbonyl (C=O) groups excluding carboxylic acids is 2. The van der Waals surface area contributed by atoms with Crippen molar-refractivity contribution in [3.05, 3.63) is 59.2 Å². The van der Waals surface area contributed by atoms with Gasteiger partial charge in [0.25, 0.3) is 11.7 Å². The lowest BCUT2D eigenvalue weighted by Gasteiger charge is -2.31. The van der Waals surface area contributed by atoms with Gasteiger partial charge in [-0.3, -0.25) is 14.5 Å². The molecule has 0 spiro atoms. The van der Waals surface area contributed by atoms with E-state index < -0.39 is 17.7 Å². The maximum Gasteiger partial charge on any atom is 0.295 e. The summed E-state index contributed by atoms with van der Waals surface area (Å²) in [5.74, 6) is 0.0411. The molecule has 1 amide bonds. The predicted molar refractivity (Wildman–Crippen MR) is 138 cm³/mol. The number of hydrogen-bond acceptors (Lipinski definition) is 8. The van der Waals surface area contributed by atoms with E-state index in [-0.39, 0.29) is 17.4 Å². The first-order chi connectivity index (χ1) is 17.8. The van der Waals surface area contributed by atoms with Crippen LogP contribution in [0, 0.1) is 0 Å². The van der Waals surface area contributed by atoms with Crippen molar-refractivity contribution in [1.82, 2.24) is 9.80 Å². The minimum absolute atomic E-state index is 0.00119. The van der Waals surface area contributed by atoms with Crippen LogP contribution in [0.1, 0.15) is 31.0 Å². The quantitative estimate of drug-likeness (QED) is 0.312. The molecule has 2 aliphatic heterocycles. The first-order valence-electron chi connectivity index (χ1n) is 12.4. The van der Waals surface area contributed by atoms with E-state index in [0.29, 0.717) is 54.7 Å². The van der Waals surface area contributed by atoms with Crippen molar-refractivity contribution in [3.8, 4) is 17.2 Å². The van der Waals surface area contributed by atoms with Crippen molar-refractivity contribution in [2.24, 2.45) is 0 Å². The molecule has 0 aliphatic carbocycles. The maximum absolute atomic E-state index is 13.3. The van der Waals surface area contributed by atoms with E-state index in [1.807, 2.05) is 13.8 Å². The number of likely N-dealkylation sites (tertiary alicyclic amines) is 1. The number of Topliss-reactive ketones (excluding diaryl/α,β-unsaturated/α-hetero) is 1. The number of methoxy groups -OCH3 is 2. The highest BCUT2D eigenvalue weighted by Gasteiger charge is 2.46. The van der Waals surface area contributed by atoms with Crippen molar-refractivity contribution in [2.75, 3.05) is 53.6 Å². The molecule has 0 radical (unpaired) electrons. The number of morpholine rings is 1. The fourth-order valence-corrected chi connectivity index (χ4v) is 4.67. The number of carbonyl (C=O) groups is 2. The predicted octanol–water partition coefficient (Wildman–Crippen LogP) is 3.24. The summed E-state index contributed by atoms with van der Waals surface area (Å²) in [6.45, 7) is 7.54. The zero-order chi connectivity index (χ0) is 26.5. The van der Waals surface area contributed by atoms with Gasteiger partial charge in [-0.2, -0.15) is 0 Å². The van der Waals surface area contributed by atoms with Crippen molar-refractivity contribution in [1.29, 1.82) is 0 Å². The number of hydrogen-bond donors (Lipinski definition) is 1. The lowest BCUT2D eigenvalue weighted by molar-refractivity contribution is -0.140. The van der Waals surface area contributed by atoms with Crippen LogP contribution in [0.2, 0.25) is 0 Å². The first kappa shape index (κ1) is 26.5. The fourth-order valence-electron chi connectivity index (χ4n) is 4.67. The van der Waals surface area contributed by atoms with Crippen LogP contribution < -0.4 is 14.2 Å². The van der Waals surface area contributed by atoms with E-state index in [2.05, 4.69) is 4.90 Å². The number of aliphatic hydroxyl groups is 1. The summed E-state index contributed by atoms with van der Waals surface area (Å²) in [5, 5.41) is 11.3. The Morgan fingerprint density at radius 1 is 1.00 bits per heavy atom. The van der Waals surface area contributed by atoms with E-state index in [1.165, 1.54) is 12.0 Å². The Morgan fingerprint density at radius 3 is 2.30 bits per heavy atom. The molecule has 0 aromatic heterocycles. The maximum atomic E-state index is 13.3. The molecule has 4 rings (SSSR count). The minimum atomic E-state index is -0.785. The molecule has 2 fully saturated rings. The van der Waals surface area contributed by atoms with Gasteiger partial charge in [-0.25, -0.2) is 0 Å². The van der Waals surface area contributed by atoms with Crippen LogP contribution in [0.25, 0.3) is 5.76 Å². The highest BCUT2D eigenvalue weighted by atomic mass is 16.5. The molecular formula is C28H34N2O7. The van der Waals surface area contributed by atoms with E-state index in [0.717, 1.165) is 13.1 Å². The molecule has 2 aromatic rings. The third kappa shape index (κ3) is 5.73. The lowest BCUT2D eigenvalue weighted by atomic mass is 9.95. The van der Waals surface area contributed by atoms with Gasteiger partial charge < -0.3 is 29.0 Å². The lowest BCUT2D eigenvalue weighted by Crippen LogP contribution is -2.42. The topological polar surface area (TPSA) is 97.8 Å². The molecule has 2 aliphatic rings. The third-order valence-corrected chi connectivity index (χ3v) is 6.52. The third-order valence-electron chi connectivity index (χ3n) is 6.52. The summed E-state index contributed by atoms with van der Waals surface area (Å²) in [6, 6.07) is 11.3. The molecule has 1 unspecified atom stereocenters. The number of nitrogens with zero attached hydrogens (tertiary/aromatic N) is 2. The molecule has 0 bridgehead atoms. The van der Waals surface area contributed by atoms with Gasteiger partial charge in [0.15, 0.2) is 11.5 Å². The van der Waals surface area contributed by atoms with Crippen LogP contribution in [0.15, 0.2) is 48.0 Å². The molecule has 2 saturated heterocycles. The summed E-state index contributed by atoms with van der Waals surface area (Å²) < 4.78 is 22.0. The summed E-state index contributed by atoms with van der Waals surface area (Å²) in [7, 11) is 3.07. The number of amides is 1.